The van der Waals surface area contributed by atoms with Crippen molar-refractivity contribution in [2.24, 2.45) is 0 Å². The lowest BCUT2D eigenvalue weighted by Crippen LogP contribution is -2.29. The molecule has 0 aliphatic rings. The molecule has 0 aliphatic carbocycles. The molecule has 0 aromatic carbocycles. The Morgan fingerprint density at radius 1 is 1.67 bits per heavy atom. The van der Waals surface area contributed by atoms with Crippen LogP contribution in [0, 0.1) is 11.3 Å². The molecule has 0 rings (SSSR count). The molecule has 68 valence electrons. The molecule has 0 radical (unpaired) electrons. The lowest BCUT2D eigenvalue weighted by Gasteiger charge is -2.13. The summed E-state index contributed by atoms with van der Waals surface area (Å²) < 4.78 is 4.88. The number of carbonyl (C=O) groups excluding carboxylic acids is 1. The van der Waals surface area contributed by atoms with Crippen molar-refractivity contribution >= 4 is 5.97 Å². The lowest BCUT2D eigenvalue weighted by atomic mass is 10.4. The van der Waals surface area contributed by atoms with Gasteiger partial charge in [0, 0.05) is 0 Å². The summed E-state index contributed by atoms with van der Waals surface area (Å²) in [5, 5.41) is 8.29. The second kappa shape index (κ2) is 5.56. The van der Waals surface area contributed by atoms with Crippen molar-refractivity contribution < 1.29 is 9.53 Å². The Bertz CT molecular complexity index is 184. The number of nitrogens with zero attached hydrogens (tertiary/aromatic N) is 2. The monoisotopic (exact) mass is 170 g/mol. The number of carbonyl (C=O) groups is 1. The fourth-order valence-electron chi connectivity index (χ4n) is 0.697. The summed E-state index contributed by atoms with van der Waals surface area (Å²) >= 11 is 0. The predicted octanol–water partition coefficient (Wildman–Crippen LogP) is 0.393. The molecule has 0 aromatic rings. The second-order valence-electron chi connectivity index (χ2n) is 2.87. The van der Waals surface area contributed by atoms with Crippen LogP contribution in [0.25, 0.3) is 0 Å². The summed E-state index contributed by atoms with van der Waals surface area (Å²) in [5.41, 5.74) is 0. The fourth-order valence-corrected chi connectivity index (χ4v) is 0.697. The zero-order valence-corrected chi connectivity index (χ0v) is 7.70. The van der Waals surface area contributed by atoms with Crippen molar-refractivity contribution in [2.75, 3.05) is 20.1 Å². The second-order valence-corrected chi connectivity index (χ2v) is 2.87. The third-order valence-corrected chi connectivity index (χ3v) is 1.11. The number of esters is 1. The van der Waals surface area contributed by atoms with E-state index in [-0.39, 0.29) is 25.2 Å². The van der Waals surface area contributed by atoms with Gasteiger partial charge in [-0.3, -0.25) is 9.69 Å². The molecule has 4 nitrogen and oxygen atoms in total. The SMILES string of the molecule is CC(C)OC(=O)CN(C)CC#N. The minimum Gasteiger partial charge on any atom is -0.462 e. The van der Waals surface area contributed by atoms with E-state index in [1.807, 2.05) is 6.07 Å². The highest BCUT2D eigenvalue weighted by Crippen LogP contribution is 1.90. The zero-order chi connectivity index (χ0) is 9.56. The van der Waals surface area contributed by atoms with Gasteiger partial charge in [0.05, 0.1) is 25.3 Å². The maximum absolute atomic E-state index is 11.0. The normalized spacial score (nSPS) is 10.0. The van der Waals surface area contributed by atoms with Crippen LogP contribution in [0.3, 0.4) is 0 Å². The van der Waals surface area contributed by atoms with Crippen LogP contribution in [-0.4, -0.2) is 37.1 Å². The van der Waals surface area contributed by atoms with Crippen molar-refractivity contribution in [1.82, 2.24) is 4.90 Å². The molecule has 0 spiro atoms. The minimum atomic E-state index is -0.289. The van der Waals surface area contributed by atoms with Crippen molar-refractivity contribution in [3.63, 3.8) is 0 Å². The highest BCUT2D eigenvalue weighted by Gasteiger charge is 2.08. The van der Waals surface area contributed by atoms with Gasteiger partial charge in [0.1, 0.15) is 0 Å². The molecular weight excluding hydrogens is 156 g/mol. The third kappa shape index (κ3) is 5.69. The summed E-state index contributed by atoms with van der Waals surface area (Å²) in [5.74, 6) is -0.289. The molecule has 12 heavy (non-hydrogen) atoms. The van der Waals surface area contributed by atoms with Crippen LogP contribution >= 0.6 is 0 Å². The van der Waals surface area contributed by atoms with Crippen LogP contribution in [0.15, 0.2) is 0 Å². The Labute approximate surface area is 72.7 Å². The maximum Gasteiger partial charge on any atom is 0.320 e. The summed E-state index contributed by atoms with van der Waals surface area (Å²) in [7, 11) is 1.70. The van der Waals surface area contributed by atoms with E-state index in [1.165, 1.54) is 0 Å². The lowest BCUT2D eigenvalue weighted by molar-refractivity contribution is -0.148. The Morgan fingerprint density at radius 2 is 2.25 bits per heavy atom. The summed E-state index contributed by atoms with van der Waals surface area (Å²) in [6.07, 6.45) is -0.0898. The summed E-state index contributed by atoms with van der Waals surface area (Å²) in [4.78, 5) is 12.6. The zero-order valence-electron chi connectivity index (χ0n) is 7.70. The van der Waals surface area contributed by atoms with Crippen molar-refractivity contribution in [1.29, 1.82) is 5.26 Å². The van der Waals surface area contributed by atoms with Gasteiger partial charge in [0.15, 0.2) is 0 Å². The standard InChI is InChI=1S/C8H14N2O2/c1-7(2)12-8(11)6-10(3)5-4-9/h7H,5-6H2,1-3H3. The number of likely N-dealkylation sites (N-methyl/N-ethyl adjacent to an activating group) is 1. The largest absolute Gasteiger partial charge is 0.462 e. The number of nitriles is 1. The van der Waals surface area contributed by atoms with Gasteiger partial charge in [-0.15, -0.1) is 0 Å². The molecule has 0 saturated heterocycles. The van der Waals surface area contributed by atoms with E-state index in [9.17, 15) is 4.79 Å². The smallest absolute Gasteiger partial charge is 0.320 e. The molecule has 0 saturated carbocycles. The minimum absolute atomic E-state index is 0.0898. The Balaban J connectivity index is 3.63. The molecule has 0 unspecified atom stereocenters. The Hall–Kier alpha value is -1.08. The first-order valence-corrected chi connectivity index (χ1v) is 3.81. The van der Waals surface area contributed by atoms with Gasteiger partial charge in [0.2, 0.25) is 0 Å². The summed E-state index contributed by atoms with van der Waals surface area (Å²) in [6, 6.07) is 1.94. The van der Waals surface area contributed by atoms with E-state index in [1.54, 1.807) is 25.8 Å². The Kier molecular flexibility index (Phi) is 5.06. The first-order chi connectivity index (χ1) is 5.56. The maximum atomic E-state index is 11.0. The van der Waals surface area contributed by atoms with Crippen LogP contribution in [0.5, 0.6) is 0 Å². The first kappa shape index (κ1) is 10.9. The number of rotatable bonds is 4. The molecule has 4 heteroatoms. The Morgan fingerprint density at radius 3 is 2.67 bits per heavy atom. The van der Waals surface area contributed by atoms with Gasteiger partial charge >= 0.3 is 5.97 Å². The van der Waals surface area contributed by atoms with Gasteiger partial charge in [-0.25, -0.2) is 0 Å². The molecule has 0 N–H and O–H groups in total. The van der Waals surface area contributed by atoms with Gasteiger partial charge in [0.25, 0.3) is 0 Å². The average Bonchev–Trinajstić information content (AvgIpc) is 1.84. The molecule has 0 heterocycles. The molecular formula is C8H14N2O2. The molecule has 0 bridgehead atoms. The average molecular weight is 170 g/mol. The van der Waals surface area contributed by atoms with Crippen molar-refractivity contribution in [3.05, 3.63) is 0 Å². The van der Waals surface area contributed by atoms with Gasteiger partial charge < -0.3 is 4.74 Å². The van der Waals surface area contributed by atoms with E-state index < -0.39 is 0 Å². The summed E-state index contributed by atoms with van der Waals surface area (Å²) in [6.45, 7) is 4.00. The van der Waals surface area contributed by atoms with Gasteiger partial charge in [-0.2, -0.15) is 5.26 Å². The highest BCUT2D eigenvalue weighted by molar-refractivity contribution is 5.71. The van der Waals surface area contributed by atoms with Crippen LogP contribution in [0.2, 0.25) is 0 Å². The molecule has 0 atom stereocenters. The third-order valence-electron chi connectivity index (χ3n) is 1.11. The molecule has 0 aromatic heterocycles. The van der Waals surface area contributed by atoms with Crippen molar-refractivity contribution in [2.45, 2.75) is 20.0 Å². The van der Waals surface area contributed by atoms with Gasteiger partial charge in [-0.05, 0) is 20.9 Å². The van der Waals surface area contributed by atoms with Crippen LogP contribution < -0.4 is 0 Å². The van der Waals surface area contributed by atoms with E-state index >= 15 is 0 Å². The van der Waals surface area contributed by atoms with Crippen LogP contribution in [0.4, 0.5) is 0 Å². The number of hydrogen-bond donors (Lipinski definition) is 0. The van der Waals surface area contributed by atoms with Crippen molar-refractivity contribution in [3.8, 4) is 6.07 Å². The first-order valence-electron chi connectivity index (χ1n) is 3.81. The van der Waals surface area contributed by atoms with E-state index in [0.717, 1.165) is 0 Å². The molecule has 0 fully saturated rings. The van der Waals surface area contributed by atoms with Crippen LogP contribution in [-0.2, 0) is 9.53 Å². The topological polar surface area (TPSA) is 53.3 Å². The number of hydrogen-bond acceptors (Lipinski definition) is 4. The van der Waals surface area contributed by atoms with Crippen LogP contribution in [0.1, 0.15) is 13.8 Å². The number of ether oxygens (including phenoxy) is 1. The van der Waals surface area contributed by atoms with E-state index in [2.05, 4.69) is 0 Å². The predicted molar refractivity (Wildman–Crippen MR) is 44.3 cm³/mol. The van der Waals surface area contributed by atoms with E-state index in [4.69, 9.17) is 10.00 Å². The quantitative estimate of drug-likeness (QED) is 0.452. The fraction of sp³-hybridized carbons (Fsp3) is 0.750. The van der Waals surface area contributed by atoms with E-state index in [0.29, 0.717) is 0 Å². The van der Waals surface area contributed by atoms with Gasteiger partial charge in [-0.1, -0.05) is 0 Å². The highest BCUT2D eigenvalue weighted by atomic mass is 16.5. The molecule has 0 aliphatic heterocycles. The molecule has 0 amide bonds.